The fraction of sp³-hybridized carbons (Fsp3) is 0.607. The quantitative estimate of drug-likeness (QED) is 0.103. The van der Waals surface area contributed by atoms with Crippen molar-refractivity contribution in [3.63, 3.8) is 0 Å². The van der Waals surface area contributed by atoms with Crippen molar-refractivity contribution in [3.05, 3.63) is 132 Å². The molecule has 6 aliphatic heterocycles. The molecule has 0 radical (unpaired) electrons. The summed E-state index contributed by atoms with van der Waals surface area (Å²) < 4.78 is 5.01. The smallest absolute Gasteiger partial charge is 0.316 e. The number of anilines is 3. The van der Waals surface area contributed by atoms with Crippen LogP contribution in [0.2, 0.25) is 0 Å². The Hall–Kier alpha value is -7.04. The normalized spacial score (nSPS) is 19.1. The van der Waals surface area contributed by atoms with Crippen molar-refractivity contribution in [1.29, 1.82) is 0 Å². The van der Waals surface area contributed by atoms with Crippen LogP contribution in [-0.2, 0) is 26.1 Å². The van der Waals surface area contributed by atoms with Gasteiger partial charge in [-0.1, -0.05) is 6.92 Å². The number of aromatic amines is 3. The standard InChI is InChI=1S/C21H30N6O.C20H28N6O2.C20H28N6O/c1-2-19-22-13-16(14-23-19)15-26-10-6-17(7-11-26)18-12-20(28)25-21(24-18)27-8-4-3-5-9-27;1-28-20-21-12-15(13-22-20)14-25-9-5-16(6-10-25)17-11-18(27)24-19(23-17)26-7-3-2-4-8-26;1-15-21-12-16(13-22-15)14-25-9-5-17(6-10-25)18-11-19(27)24-20(23-18)26-7-3-2-4-8-26/h12-14,17H,2-11,15H2,1H3,(H,24,25,28);11-13,16H,2-10,14H2,1H3,(H,23,24,27);11-13,17H,2-10,14H2,1H3,(H,23,24,27). The summed E-state index contributed by atoms with van der Waals surface area (Å²) in [5.74, 6) is 5.04. The molecule has 0 aromatic carbocycles. The molecule has 0 bridgehead atoms. The number of aromatic nitrogens is 12. The fourth-order valence-corrected chi connectivity index (χ4v) is 12.4. The highest BCUT2D eigenvalue weighted by molar-refractivity contribution is 5.34. The molecular weight excluding hydrogens is 1050 g/mol. The van der Waals surface area contributed by atoms with Crippen molar-refractivity contribution in [2.75, 3.05) is 100 Å². The Balaban J connectivity index is 0.000000139. The lowest BCUT2D eigenvalue weighted by Crippen LogP contribution is -2.35. The zero-order valence-electron chi connectivity index (χ0n) is 49.2. The van der Waals surface area contributed by atoms with E-state index in [2.05, 4.69) is 81.2 Å². The largest absolute Gasteiger partial charge is 0.467 e. The average molecular weight is 1140 g/mol. The Morgan fingerprint density at radius 3 is 1.04 bits per heavy atom. The maximum atomic E-state index is 12.2. The lowest BCUT2D eigenvalue weighted by Gasteiger charge is -2.32. The maximum absolute atomic E-state index is 12.2. The SMILES string of the molecule is CCc1ncc(CN2CCC(c3cc(=O)[nH]c(N4CCCCC4)n3)CC2)cn1.COc1ncc(CN2CCC(c3cc(=O)[nH]c(N4CCCCC4)n3)CC2)cn1.Cc1ncc(CN2CCC(c3cc(=O)[nH]c(N4CCCCC4)n3)CC2)cn1. The van der Waals surface area contributed by atoms with Gasteiger partial charge in [0, 0.05) is 155 Å². The summed E-state index contributed by atoms with van der Waals surface area (Å²) in [6.07, 6.45) is 29.2. The van der Waals surface area contributed by atoms with Gasteiger partial charge in [0.15, 0.2) is 0 Å². The molecule has 6 aliphatic rings. The summed E-state index contributed by atoms with van der Waals surface area (Å²) in [6.45, 7) is 18.5. The molecule has 3 N–H and O–H groups in total. The first kappa shape index (κ1) is 59.1. The lowest BCUT2D eigenvalue weighted by atomic mass is 9.93. The molecular formula is C61H86N18O4. The summed E-state index contributed by atoms with van der Waals surface area (Å²) in [4.78, 5) is 99.6. The fourth-order valence-electron chi connectivity index (χ4n) is 12.4. The third kappa shape index (κ3) is 17.1. The van der Waals surface area contributed by atoms with Gasteiger partial charge in [0.2, 0.25) is 17.8 Å². The minimum Gasteiger partial charge on any atom is -0.467 e. The number of H-pyrrole nitrogens is 3. The van der Waals surface area contributed by atoms with Crippen LogP contribution in [0, 0.1) is 6.92 Å². The molecule has 22 nitrogen and oxygen atoms in total. The molecule has 12 heterocycles. The van der Waals surface area contributed by atoms with Crippen molar-refractivity contribution in [2.45, 2.75) is 154 Å². The first-order valence-electron chi connectivity index (χ1n) is 30.8. The Labute approximate surface area is 487 Å². The van der Waals surface area contributed by atoms with Crippen LogP contribution in [0.3, 0.4) is 0 Å². The highest BCUT2D eigenvalue weighted by atomic mass is 16.5. The molecule has 0 amide bonds. The molecule has 22 heteroatoms. The summed E-state index contributed by atoms with van der Waals surface area (Å²) in [6, 6.07) is 5.48. The number of piperidine rings is 6. The van der Waals surface area contributed by atoms with Crippen molar-refractivity contribution < 1.29 is 4.74 Å². The zero-order valence-corrected chi connectivity index (χ0v) is 49.2. The van der Waals surface area contributed by atoms with Crippen LogP contribution >= 0.6 is 0 Å². The first-order chi connectivity index (χ1) is 40.6. The maximum Gasteiger partial charge on any atom is 0.316 e. The van der Waals surface area contributed by atoms with Gasteiger partial charge in [0.25, 0.3) is 16.7 Å². The number of nitrogens with one attached hydrogen (secondary N) is 3. The summed E-state index contributed by atoms with van der Waals surface area (Å²) in [5, 5.41) is 0. The predicted molar refractivity (Wildman–Crippen MR) is 321 cm³/mol. The van der Waals surface area contributed by atoms with Gasteiger partial charge < -0.3 is 19.4 Å². The molecule has 6 fully saturated rings. The van der Waals surface area contributed by atoms with Crippen molar-refractivity contribution in [1.82, 2.24) is 74.5 Å². The molecule has 6 aromatic rings. The van der Waals surface area contributed by atoms with E-state index in [0.717, 1.165) is 206 Å². The summed E-state index contributed by atoms with van der Waals surface area (Å²) in [5.41, 5.74) is 6.16. The second kappa shape index (κ2) is 29.5. The van der Waals surface area contributed by atoms with Crippen LogP contribution < -0.4 is 36.1 Å². The van der Waals surface area contributed by atoms with Gasteiger partial charge in [-0.3, -0.25) is 44.0 Å². The summed E-state index contributed by atoms with van der Waals surface area (Å²) >= 11 is 0. The Morgan fingerprint density at radius 2 is 0.735 bits per heavy atom. The van der Waals surface area contributed by atoms with E-state index < -0.39 is 0 Å². The number of rotatable bonds is 14. The van der Waals surface area contributed by atoms with Crippen molar-refractivity contribution in [2.24, 2.45) is 0 Å². The van der Waals surface area contributed by atoms with E-state index in [1.807, 2.05) is 44.1 Å². The Morgan fingerprint density at radius 1 is 0.434 bits per heavy atom. The molecule has 12 rings (SSSR count). The van der Waals surface area contributed by atoms with Crippen LogP contribution in [0.15, 0.2) is 69.8 Å². The van der Waals surface area contributed by atoms with Crippen LogP contribution in [0.25, 0.3) is 0 Å². The van der Waals surface area contributed by atoms with Gasteiger partial charge in [0.05, 0.1) is 24.2 Å². The van der Waals surface area contributed by atoms with Crippen molar-refractivity contribution >= 4 is 17.8 Å². The molecule has 0 saturated carbocycles. The van der Waals surface area contributed by atoms with Gasteiger partial charge in [-0.15, -0.1) is 0 Å². The number of nitrogens with zero attached hydrogens (tertiary/aromatic N) is 15. The number of hydrogen-bond acceptors (Lipinski definition) is 19. The van der Waals surface area contributed by atoms with E-state index in [-0.39, 0.29) is 16.7 Å². The molecule has 0 unspecified atom stereocenters. The van der Waals surface area contributed by atoms with Crippen molar-refractivity contribution in [3.8, 4) is 6.01 Å². The topological polar surface area (TPSA) is 243 Å². The van der Waals surface area contributed by atoms with E-state index in [9.17, 15) is 14.4 Å². The van der Waals surface area contributed by atoms with E-state index >= 15 is 0 Å². The minimum absolute atomic E-state index is 0.0267. The number of ether oxygens (including phenoxy) is 1. The van der Waals surface area contributed by atoms with E-state index in [1.54, 1.807) is 25.3 Å². The molecule has 0 atom stereocenters. The Bertz CT molecular complexity index is 2970. The van der Waals surface area contributed by atoms with Gasteiger partial charge in [0.1, 0.15) is 11.6 Å². The third-order valence-corrected chi connectivity index (χ3v) is 17.2. The minimum atomic E-state index is -0.0385. The van der Waals surface area contributed by atoms with E-state index in [4.69, 9.17) is 19.7 Å². The number of likely N-dealkylation sites (tertiary alicyclic amines) is 3. The molecule has 6 saturated heterocycles. The number of methoxy groups -OCH3 is 1. The molecule has 6 aromatic heterocycles. The molecule has 0 aliphatic carbocycles. The van der Waals surface area contributed by atoms with Gasteiger partial charge in [-0.05, 0) is 143 Å². The van der Waals surface area contributed by atoms with Crippen LogP contribution in [0.4, 0.5) is 17.8 Å². The van der Waals surface area contributed by atoms with Crippen LogP contribution in [0.1, 0.15) is 166 Å². The zero-order chi connectivity index (χ0) is 57.3. The van der Waals surface area contributed by atoms with Gasteiger partial charge >= 0.3 is 6.01 Å². The summed E-state index contributed by atoms with van der Waals surface area (Å²) in [7, 11) is 1.57. The van der Waals surface area contributed by atoms with Crippen LogP contribution in [-0.4, -0.2) is 160 Å². The molecule has 444 valence electrons. The first-order valence-corrected chi connectivity index (χ1v) is 30.8. The second-order valence-corrected chi connectivity index (χ2v) is 23.4. The monoisotopic (exact) mass is 1130 g/mol. The predicted octanol–water partition coefficient (Wildman–Crippen LogP) is 6.67. The highest BCUT2D eigenvalue weighted by Crippen LogP contribution is 2.31. The Kier molecular flexibility index (Phi) is 21.0. The second-order valence-electron chi connectivity index (χ2n) is 23.4. The van der Waals surface area contributed by atoms with Gasteiger partial charge in [-0.2, -0.15) is 0 Å². The lowest BCUT2D eigenvalue weighted by molar-refractivity contribution is 0.202. The van der Waals surface area contributed by atoms with Crippen LogP contribution in [0.5, 0.6) is 6.01 Å². The van der Waals surface area contributed by atoms with E-state index in [1.165, 1.54) is 57.8 Å². The molecule has 0 spiro atoms. The number of aryl methyl sites for hydroxylation is 2. The van der Waals surface area contributed by atoms with Gasteiger partial charge in [-0.25, -0.2) is 44.9 Å². The van der Waals surface area contributed by atoms with E-state index in [0.29, 0.717) is 23.8 Å². The number of hydrogen-bond donors (Lipinski definition) is 3. The highest BCUT2D eigenvalue weighted by Gasteiger charge is 2.27. The third-order valence-electron chi connectivity index (χ3n) is 17.2. The molecule has 83 heavy (non-hydrogen) atoms. The average Bonchev–Trinajstić information content (AvgIpc) is 3.55.